The molecule has 1 aromatic rings. The molecule has 4 nitrogen and oxygen atoms in total. The van der Waals surface area contributed by atoms with E-state index in [1.165, 1.54) is 18.2 Å². The summed E-state index contributed by atoms with van der Waals surface area (Å²) in [4.78, 5) is 11.6. The number of nitrogens with two attached hydrogens (primary N) is 1. The predicted molar refractivity (Wildman–Crippen MR) is 64.3 cm³/mol. The average Bonchev–Trinajstić information content (AvgIpc) is 2.32. The van der Waals surface area contributed by atoms with Crippen LogP contribution in [0.2, 0.25) is 0 Å². The number of nitrogens with one attached hydrogen (secondary N) is 1. The molecule has 0 radical (unpaired) electrons. The number of carbonyl (C=O) groups excluding carboxylic acids is 1. The van der Waals surface area contributed by atoms with E-state index in [9.17, 15) is 9.18 Å². The van der Waals surface area contributed by atoms with Crippen molar-refractivity contribution in [2.45, 2.75) is 13.3 Å². The molecule has 0 bridgehead atoms. The second-order valence-electron chi connectivity index (χ2n) is 3.55. The van der Waals surface area contributed by atoms with Crippen LogP contribution in [0.4, 0.5) is 10.1 Å². The summed E-state index contributed by atoms with van der Waals surface area (Å²) in [6, 6.07) is 3.93. The van der Waals surface area contributed by atoms with Crippen LogP contribution in [0.5, 0.6) is 0 Å². The maximum Gasteiger partial charge on any atom is 0.254 e. The molecule has 1 aromatic carbocycles. The number of hydrogen-bond donors (Lipinski definition) is 2. The van der Waals surface area contributed by atoms with E-state index in [4.69, 9.17) is 10.5 Å². The van der Waals surface area contributed by atoms with E-state index in [-0.39, 0.29) is 5.56 Å². The van der Waals surface area contributed by atoms with Gasteiger partial charge in [0.05, 0.1) is 5.56 Å². The minimum atomic E-state index is -0.568. The molecular weight excluding hydrogens is 223 g/mol. The van der Waals surface area contributed by atoms with E-state index >= 15 is 0 Å². The zero-order chi connectivity index (χ0) is 12.7. The lowest BCUT2D eigenvalue weighted by atomic mass is 10.1. The van der Waals surface area contributed by atoms with E-state index in [1.54, 1.807) is 0 Å². The molecule has 0 aliphatic carbocycles. The maximum absolute atomic E-state index is 13.3. The first-order valence-corrected chi connectivity index (χ1v) is 5.56. The number of halogens is 1. The Bertz CT molecular complexity index is 383. The fraction of sp³-hybridized carbons (Fsp3) is 0.417. The van der Waals surface area contributed by atoms with Gasteiger partial charge in [0.25, 0.3) is 5.91 Å². The summed E-state index contributed by atoms with van der Waals surface area (Å²) in [5.74, 6) is -1.02. The molecule has 5 heteroatoms. The third kappa shape index (κ3) is 4.40. The summed E-state index contributed by atoms with van der Waals surface area (Å²) in [5, 5.41) is 2.61. The van der Waals surface area contributed by atoms with Gasteiger partial charge in [0.2, 0.25) is 0 Å². The van der Waals surface area contributed by atoms with Crippen molar-refractivity contribution >= 4 is 11.6 Å². The first-order chi connectivity index (χ1) is 8.15. The molecule has 0 fully saturated rings. The molecule has 0 saturated carbocycles. The molecule has 0 aliphatic heterocycles. The molecule has 1 rings (SSSR count). The Kier molecular flexibility index (Phi) is 5.42. The second-order valence-corrected chi connectivity index (χ2v) is 3.55. The molecule has 0 atom stereocenters. The van der Waals surface area contributed by atoms with Gasteiger partial charge in [-0.05, 0) is 31.5 Å². The number of carbonyl (C=O) groups is 1. The van der Waals surface area contributed by atoms with Gasteiger partial charge in [-0.25, -0.2) is 4.39 Å². The smallest absolute Gasteiger partial charge is 0.254 e. The lowest BCUT2D eigenvalue weighted by molar-refractivity contribution is 0.0940. The highest BCUT2D eigenvalue weighted by Crippen LogP contribution is 2.11. The summed E-state index contributed by atoms with van der Waals surface area (Å²) in [7, 11) is 0. The van der Waals surface area contributed by atoms with Crippen molar-refractivity contribution in [2.75, 3.05) is 25.5 Å². The molecule has 0 unspecified atom stereocenters. The lowest BCUT2D eigenvalue weighted by Crippen LogP contribution is -2.26. The molecule has 3 N–H and O–H groups in total. The van der Waals surface area contributed by atoms with Gasteiger partial charge in [-0.2, -0.15) is 0 Å². The van der Waals surface area contributed by atoms with Crippen LogP contribution in [0.25, 0.3) is 0 Å². The molecule has 0 heterocycles. The van der Waals surface area contributed by atoms with E-state index in [0.717, 1.165) is 0 Å². The van der Waals surface area contributed by atoms with E-state index in [0.29, 0.717) is 31.9 Å². The van der Waals surface area contributed by atoms with Crippen molar-refractivity contribution in [3.05, 3.63) is 29.6 Å². The summed E-state index contributed by atoms with van der Waals surface area (Å²) < 4.78 is 18.4. The summed E-state index contributed by atoms with van der Waals surface area (Å²) in [6.07, 6.45) is 0.698. The highest BCUT2D eigenvalue weighted by atomic mass is 19.1. The Labute approximate surface area is 100.0 Å². The minimum absolute atomic E-state index is 0.0265. The van der Waals surface area contributed by atoms with Gasteiger partial charge in [0, 0.05) is 25.4 Å². The van der Waals surface area contributed by atoms with Gasteiger partial charge in [0.15, 0.2) is 0 Å². The number of ether oxygens (including phenoxy) is 1. The number of amides is 1. The molecule has 0 aromatic heterocycles. The number of anilines is 1. The largest absolute Gasteiger partial charge is 0.399 e. The van der Waals surface area contributed by atoms with Crippen LogP contribution in [0, 0.1) is 5.82 Å². The predicted octanol–water partition coefficient (Wildman–Crippen LogP) is 1.56. The third-order valence-electron chi connectivity index (χ3n) is 2.19. The summed E-state index contributed by atoms with van der Waals surface area (Å²) in [5.41, 5.74) is 5.83. The molecule has 0 aliphatic rings. The van der Waals surface area contributed by atoms with Gasteiger partial charge < -0.3 is 15.8 Å². The van der Waals surface area contributed by atoms with Crippen LogP contribution < -0.4 is 11.1 Å². The summed E-state index contributed by atoms with van der Waals surface area (Å²) >= 11 is 0. The minimum Gasteiger partial charge on any atom is -0.399 e. The van der Waals surface area contributed by atoms with Crippen molar-refractivity contribution < 1.29 is 13.9 Å². The van der Waals surface area contributed by atoms with Crippen molar-refractivity contribution in [3.63, 3.8) is 0 Å². The molecule has 1 amide bonds. The zero-order valence-corrected chi connectivity index (χ0v) is 9.83. The van der Waals surface area contributed by atoms with Crippen LogP contribution in [0.3, 0.4) is 0 Å². The Balaban J connectivity index is 2.44. The maximum atomic E-state index is 13.3. The van der Waals surface area contributed by atoms with Crippen LogP contribution >= 0.6 is 0 Å². The summed E-state index contributed by atoms with van der Waals surface area (Å²) in [6.45, 7) is 3.59. The fourth-order valence-corrected chi connectivity index (χ4v) is 1.33. The second kappa shape index (κ2) is 6.85. The van der Waals surface area contributed by atoms with Gasteiger partial charge in [-0.15, -0.1) is 0 Å². The SMILES string of the molecule is CCOCCCNC(=O)c1cc(N)ccc1F. The van der Waals surface area contributed by atoms with E-state index < -0.39 is 11.7 Å². The molecule has 94 valence electrons. The van der Waals surface area contributed by atoms with Gasteiger partial charge >= 0.3 is 0 Å². The zero-order valence-electron chi connectivity index (χ0n) is 9.83. The van der Waals surface area contributed by atoms with E-state index in [1.807, 2.05) is 6.92 Å². The Hall–Kier alpha value is -1.62. The van der Waals surface area contributed by atoms with Crippen LogP contribution in [-0.2, 0) is 4.74 Å². The first-order valence-electron chi connectivity index (χ1n) is 5.56. The van der Waals surface area contributed by atoms with E-state index in [2.05, 4.69) is 5.32 Å². The van der Waals surface area contributed by atoms with Crippen molar-refractivity contribution in [1.29, 1.82) is 0 Å². The van der Waals surface area contributed by atoms with Gasteiger partial charge in [-0.1, -0.05) is 0 Å². The number of nitrogen functional groups attached to an aromatic ring is 1. The third-order valence-corrected chi connectivity index (χ3v) is 2.19. The van der Waals surface area contributed by atoms with Crippen molar-refractivity contribution in [1.82, 2.24) is 5.32 Å². The fourth-order valence-electron chi connectivity index (χ4n) is 1.33. The Morgan fingerprint density at radius 1 is 1.53 bits per heavy atom. The normalized spacial score (nSPS) is 10.2. The molecule has 0 spiro atoms. The highest BCUT2D eigenvalue weighted by molar-refractivity contribution is 5.95. The average molecular weight is 240 g/mol. The van der Waals surface area contributed by atoms with Crippen molar-refractivity contribution in [3.8, 4) is 0 Å². The standard InChI is InChI=1S/C12H17FN2O2/c1-2-17-7-3-6-15-12(16)10-8-9(14)4-5-11(10)13/h4-5,8H,2-3,6-7,14H2,1H3,(H,15,16). The molecule has 0 saturated heterocycles. The van der Waals surface area contributed by atoms with Crippen LogP contribution in [0.1, 0.15) is 23.7 Å². The number of benzene rings is 1. The Morgan fingerprint density at radius 2 is 2.29 bits per heavy atom. The first kappa shape index (κ1) is 13.4. The monoisotopic (exact) mass is 240 g/mol. The number of rotatable bonds is 6. The molecular formula is C12H17FN2O2. The van der Waals surface area contributed by atoms with Crippen LogP contribution in [0.15, 0.2) is 18.2 Å². The topological polar surface area (TPSA) is 64.3 Å². The van der Waals surface area contributed by atoms with Gasteiger partial charge in [-0.3, -0.25) is 4.79 Å². The Morgan fingerprint density at radius 3 is 3.00 bits per heavy atom. The lowest BCUT2D eigenvalue weighted by Gasteiger charge is -2.06. The number of hydrogen-bond acceptors (Lipinski definition) is 3. The quantitative estimate of drug-likeness (QED) is 0.586. The van der Waals surface area contributed by atoms with Gasteiger partial charge in [0.1, 0.15) is 5.82 Å². The highest BCUT2D eigenvalue weighted by Gasteiger charge is 2.10. The van der Waals surface area contributed by atoms with Crippen LogP contribution in [-0.4, -0.2) is 25.7 Å². The van der Waals surface area contributed by atoms with Crippen molar-refractivity contribution in [2.24, 2.45) is 0 Å². The molecule has 17 heavy (non-hydrogen) atoms.